The average Bonchev–Trinajstić information content (AvgIpc) is 3.30. The van der Waals surface area contributed by atoms with E-state index in [2.05, 4.69) is 9.88 Å². The number of amides is 1. The van der Waals surface area contributed by atoms with E-state index in [-0.39, 0.29) is 5.91 Å². The molecule has 0 N–H and O–H groups in total. The Balaban J connectivity index is 1.41. The zero-order valence-corrected chi connectivity index (χ0v) is 14.1. The second-order valence-electron chi connectivity index (χ2n) is 7.67. The maximum absolute atomic E-state index is 12.7. The highest BCUT2D eigenvalue weighted by Crippen LogP contribution is 2.41. The largest absolute Gasteiger partial charge is 0.337 e. The first kappa shape index (κ1) is 15.1. The molecule has 0 atom stereocenters. The summed E-state index contributed by atoms with van der Waals surface area (Å²) >= 11 is 0. The number of aryl methyl sites for hydroxylation is 1. The van der Waals surface area contributed by atoms with E-state index < -0.39 is 0 Å². The molecule has 1 aromatic heterocycles. The Morgan fingerprint density at radius 2 is 2.00 bits per heavy atom. The van der Waals surface area contributed by atoms with Crippen molar-refractivity contribution in [1.29, 1.82) is 0 Å². The van der Waals surface area contributed by atoms with Gasteiger partial charge in [0.05, 0.1) is 0 Å². The highest BCUT2D eigenvalue weighted by atomic mass is 16.2. The number of rotatable bonds is 3. The third-order valence-corrected chi connectivity index (χ3v) is 6.01. The molecule has 0 radical (unpaired) electrons. The minimum Gasteiger partial charge on any atom is -0.337 e. The van der Waals surface area contributed by atoms with Gasteiger partial charge in [-0.2, -0.15) is 0 Å². The first-order chi connectivity index (χ1) is 11.2. The molecule has 3 aliphatic rings. The molecule has 0 aromatic carbocycles. The number of piperidine rings is 1. The van der Waals surface area contributed by atoms with E-state index in [0.29, 0.717) is 11.2 Å². The van der Waals surface area contributed by atoms with Crippen LogP contribution in [0.15, 0.2) is 18.2 Å². The zero-order chi connectivity index (χ0) is 15.9. The van der Waals surface area contributed by atoms with Gasteiger partial charge >= 0.3 is 0 Å². The van der Waals surface area contributed by atoms with Crippen molar-refractivity contribution in [2.75, 3.05) is 26.2 Å². The third kappa shape index (κ3) is 3.01. The maximum Gasteiger partial charge on any atom is 0.272 e. The molecule has 2 aliphatic heterocycles. The third-order valence-electron chi connectivity index (χ3n) is 6.01. The van der Waals surface area contributed by atoms with Crippen LogP contribution in [0.4, 0.5) is 0 Å². The summed E-state index contributed by atoms with van der Waals surface area (Å²) in [6.45, 7) is 6.28. The molecule has 4 rings (SSSR count). The summed E-state index contributed by atoms with van der Waals surface area (Å²) in [4.78, 5) is 21.8. The van der Waals surface area contributed by atoms with Gasteiger partial charge < -0.3 is 4.90 Å². The van der Waals surface area contributed by atoms with E-state index in [1.54, 1.807) is 0 Å². The van der Waals surface area contributed by atoms with Gasteiger partial charge in [-0.05, 0) is 70.0 Å². The van der Waals surface area contributed by atoms with Crippen molar-refractivity contribution in [3.63, 3.8) is 0 Å². The molecule has 124 valence electrons. The summed E-state index contributed by atoms with van der Waals surface area (Å²) in [6.07, 6.45) is 7.78. The van der Waals surface area contributed by atoms with E-state index in [1.165, 1.54) is 38.8 Å². The molecular formula is C19H27N3O. The molecule has 4 heteroatoms. The smallest absolute Gasteiger partial charge is 0.272 e. The number of aromatic nitrogens is 1. The quantitative estimate of drug-likeness (QED) is 0.861. The molecular weight excluding hydrogens is 286 g/mol. The van der Waals surface area contributed by atoms with E-state index in [1.807, 2.05) is 30.0 Å². The monoisotopic (exact) mass is 313 g/mol. The normalized spacial score (nSPS) is 24.3. The standard InChI is InChI=1S/C19H27N3O/c1-15-4-2-5-17(20-15)18(23)21-12-9-19(10-13-21)8-3-11-22(19)14-16-6-7-16/h2,4-5,16H,3,6-14H2,1H3. The van der Waals surface area contributed by atoms with Crippen molar-refractivity contribution in [2.45, 2.75) is 51.0 Å². The fraction of sp³-hybridized carbons (Fsp3) is 0.684. The molecule has 1 amide bonds. The van der Waals surface area contributed by atoms with Crippen LogP contribution in [0.25, 0.3) is 0 Å². The van der Waals surface area contributed by atoms with Gasteiger partial charge in [0, 0.05) is 30.9 Å². The van der Waals surface area contributed by atoms with Crippen LogP contribution >= 0.6 is 0 Å². The van der Waals surface area contributed by atoms with Crippen LogP contribution in [0.1, 0.15) is 54.7 Å². The summed E-state index contributed by atoms with van der Waals surface area (Å²) in [6, 6.07) is 5.71. The highest BCUT2D eigenvalue weighted by Gasteiger charge is 2.45. The van der Waals surface area contributed by atoms with Gasteiger partial charge in [0.2, 0.25) is 0 Å². The van der Waals surface area contributed by atoms with E-state index in [0.717, 1.165) is 37.5 Å². The molecule has 1 aliphatic carbocycles. The van der Waals surface area contributed by atoms with E-state index in [4.69, 9.17) is 0 Å². The van der Waals surface area contributed by atoms with Gasteiger partial charge in [-0.1, -0.05) is 6.07 Å². The summed E-state index contributed by atoms with van der Waals surface area (Å²) in [7, 11) is 0. The molecule has 3 fully saturated rings. The molecule has 1 spiro atoms. The molecule has 0 unspecified atom stereocenters. The van der Waals surface area contributed by atoms with Gasteiger partial charge in [-0.3, -0.25) is 9.69 Å². The van der Waals surface area contributed by atoms with Gasteiger partial charge in [0.25, 0.3) is 5.91 Å². The van der Waals surface area contributed by atoms with Crippen LogP contribution < -0.4 is 0 Å². The lowest BCUT2D eigenvalue weighted by molar-refractivity contribution is 0.0393. The van der Waals surface area contributed by atoms with Crippen LogP contribution in [-0.2, 0) is 0 Å². The summed E-state index contributed by atoms with van der Waals surface area (Å²) < 4.78 is 0. The molecule has 1 aromatic rings. The summed E-state index contributed by atoms with van der Waals surface area (Å²) in [5.41, 5.74) is 1.90. The Bertz CT molecular complexity index is 588. The van der Waals surface area contributed by atoms with Crippen molar-refractivity contribution in [1.82, 2.24) is 14.8 Å². The van der Waals surface area contributed by atoms with Crippen LogP contribution in [0.3, 0.4) is 0 Å². The number of carbonyl (C=O) groups is 1. The molecule has 4 nitrogen and oxygen atoms in total. The van der Waals surface area contributed by atoms with Crippen LogP contribution in [-0.4, -0.2) is 52.4 Å². The van der Waals surface area contributed by atoms with Gasteiger partial charge in [-0.25, -0.2) is 4.98 Å². The molecule has 1 saturated carbocycles. The minimum atomic E-state index is 0.107. The first-order valence-electron chi connectivity index (χ1n) is 9.14. The minimum absolute atomic E-state index is 0.107. The summed E-state index contributed by atoms with van der Waals surface area (Å²) in [5.74, 6) is 1.07. The van der Waals surface area contributed by atoms with Crippen molar-refractivity contribution in [3.8, 4) is 0 Å². The Hall–Kier alpha value is -1.42. The number of likely N-dealkylation sites (tertiary alicyclic amines) is 2. The van der Waals surface area contributed by atoms with Crippen LogP contribution in [0.2, 0.25) is 0 Å². The lowest BCUT2D eigenvalue weighted by atomic mass is 9.84. The van der Waals surface area contributed by atoms with E-state index in [9.17, 15) is 4.79 Å². The SMILES string of the molecule is Cc1cccc(C(=O)N2CCC3(CCCN3CC3CC3)CC2)n1. The van der Waals surface area contributed by atoms with Crippen molar-refractivity contribution < 1.29 is 4.79 Å². The van der Waals surface area contributed by atoms with Gasteiger partial charge in [0.15, 0.2) is 0 Å². The predicted octanol–water partition coefficient (Wildman–Crippen LogP) is 2.87. The number of nitrogens with zero attached hydrogens (tertiary/aromatic N) is 3. The number of pyridine rings is 1. The Kier molecular flexibility index (Phi) is 3.88. The molecule has 0 bridgehead atoms. The molecule has 2 saturated heterocycles. The second-order valence-corrected chi connectivity index (χ2v) is 7.67. The van der Waals surface area contributed by atoms with Crippen LogP contribution in [0.5, 0.6) is 0 Å². The van der Waals surface area contributed by atoms with Gasteiger partial charge in [0.1, 0.15) is 5.69 Å². The Labute approximate surface area is 138 Å². The fourth-order valence-electron chi connectivity index (χ4n) is 4.41. The number of carbonyl (C=O) groups excluding carboxylic acids is 1. The highest BCUT2D eigenvalue weighted by molar-refractivity contribution is 5.92. The first-order valence-corrected chi connectivity index (χ1v) is 9.14. The van der Waals surface area contributed by atoms with E-state index >= 15 is 0 Å². The second kappa shape index (κ2) is 5.90. The Morgan fingerprint density at radius 3 is 2.70 bits per heavy atom. The average molecular weight is 313 g/mol. The summed E-state index contributed by atoms with van der Waals surface area (Å²) in [5, 5.41) is 0. The Morgan fingerprint density at radius 1 is 1.22 bits per heavy atom. The van der Waals surface area contributed by atoms with Crippen molar-refractivity contribution >= 4 is 5.91 Å². The lowest BCUT2D eigenvalue weighted by Gasteiger charge is -2.45. The predicted molar refractivity (Wildman–Crippen MR) is 90.4 cm³/mol. The lowest BCUT2D eigenvalue weighted by Crippen LogP contribution is -2.53. The van der Waals surface area contributed by atoms with Crippen LogP contribution in [0, 0.1) is 12.8 Å². The zero-order valence-electron chi connectivity index (χ0n) is 14.1. The van der Waals surface area contributed by atoms with Crippen molar-refractivity contribution in [3.05, 3.63) is 29.6 Å². The number of hydrogen-bond donors (Lipinski definition) is 0. The van der Waals surface area contributed by atoms with Gasteiger partial charge in [-0.15, -0.1) is 0 Å². The molecule has 3 heterocycles. The topological polar surface area (TPSA) is 36.4 Å². The number of hydrogen-bond acceptors (Lipinski definition) is 3. The maximum atomic E-state index is 12.7. The van der Waals surface area contributed by atoms with Crippen molar-refractivity contribution in [2.24, 2.45) is 5.92 Å². The fourth-order valence-corrected chi connectivity index (χ4v) is 4.41. The molecule has 23 heavy (non-hydrogen) atoms.